The summed E-state index contributed by atoms with van der Waals surface area (Å²) in [5.41, 5.74) is 2.69. The topological polar surface area (TPSA) is 88.8 Å². The summed E-state index contributed by atoms with van der Waals surface area (Å²) in [6.45, 7) is 2.25. The van der Waals surface area contributed by atoms with Crippen LogP contribution in [0.3, 0.4) is 0 Å². The van der Waals surface area contributed by atoms with Gasteiger partial charge in [-0.3, -0.25) is 14.9 Å². The molecule has 1 atom stereocenters. The normalized spacial score (nSPS) is 11.7. The molecule has 0 saturated carbocycles. The van der Waals surface area contributed by atoms with Gasteiger partial charge < -0.3 is 10.6 Å². The van der Waals surface area contributed by atoms with Crippen molar-refractivity contribution in [2.45, 2.75) is 13.0 Å². The monoisotopic (exact) mass is 382 g/mol. The first-order chi connectivity index (χ1) is 13.0. The number of nitro benzene ring substituents is 1. The lowest BCUT2D eigenvalue weighted by atomic mass is 10.0. The zero-order valence-corrected chi connectivity index (χ0v) is 15.6. The summed E-state index contributed by atoms with van der Waals surface area (Å²) in [5, 5.41) is 17.6. The quantitative estimate of drug-likeness (QED) is 0.486. The van der Waals surface area contributed by atoms with E-state index < -0.39 is 4.92 Å². The number of anilines is 1. The highest BCUT2D eigenvalue weighted by atomic mass is 32.1. The molecular formula is C20H20N3O3S+. The molecule has 0 aliphatic carbocycles. The Labute approximate surface area is 161 Å². The Hall–Kier alpha value is -3.03. The molecule has 138 valence electrons. The number of nitro groups is 1. The van der Waals surface area contributed by atoms with Gasteiger partial charge in [0.1, 0.15) is 6.04 Å². The lowest BCUT2D eigenvalue weighted by Gasteiger charge is -2.15. The van der Waals surface area contributed by atoms with Crippen molar-refractivity contribution in [2.75, 3.05) is 11.9 Å². The molecule has 1 aromatic heterocycles. The first-order valence-electron chi connectivity index (χ1n) is 8.50. The van der Waals surface area contributed by atoms with Gasteiger partial charge in [0.25, 0.3) is 11.6 Å². The predicted molar refractivity (Wildman–Crippen MR) is 106 cm³/mol. The molecule has 0 radical (unpaired) electrons. The maximum absolute atomic E-state index is 12.3. The van der Waals surface area contributed by atoms with Gasteiger partial charge in [0.15, 0.2) is 6.54 Å². The highest BCUT2D eigenvalue weighted by molar-refractivity contribution is 7.10. The van der Waals surface area contributed by atoms with Crippen LogP contribution in [0.2, 0.25) is 0 Å². The Kier molecular flexibility index (Phi) is 5.95. The average molecular weight is 382 g/mol. The number of non-ortho nitro benzene ring substituents is 1. The van der Waals surface area contributed by atoms with Crippen molar-refractivity contribution in [1.29, 1.82) is 0 Å². The van der Waals surface area contributed by atoms with Crippen molar-refractivity contribution < 1.29 is 15.0 Å². The number of hydrogen-bond acceptors (Lipinski definition) is 4. The SMILES string of the molecule is Cc1ccc([C@@H]([NH2+]CC(=O)Nc2cccc([N+](=O)[O-])c2)c2cccs2)cc1. The summed E-state index contributed by atoms with van der Waals surface area (Å²) in [6.07, 6.45) is 0. The standard InChI is InChI=1S/C20H19N3O3S/c1-14-7-9-15(10-8-14)20(18-6-3-11-27-18)21-13-19(24)22-16-4-2-5-17(12-16)23(25)26/h2-12,20-21H,13H2,1H3,(H,22,24)/p+1/t20-/m1/s1. The zero-order chi connectivity index (χ0) is 19.2. The summed E-state index contributed by atoms with van der Waals surface area (Å²) in [7, 11) is 0. The fraction of sp³-hybridized carbons (Fsp3) is 0.150. The van der Waals surface area contributed by atoms with Crippen LogP contribution in [0.15, 0.2) is 66.0 Å². The van der Waals surface area contributed by atoms with E-state index in [0.717, 1.165) is 5.56 Å². The van der Waals surface area contributed by atoms with Gasteiger partial charge in [0, 0.05) is 23.4 Å². The number of hydrogen-bond donors (Lipinski definition) is 2. The van der Waals surface area contributed by atoms with Crippen LogP contribution in [0.1, 0.15) is 22.0 Å². The lowest BCUT2D eigenvalue weighted by molar-refractivity contribution is -0.675. The molecular weight excluding hydrogens is 362 g/mol. The Balaban J connectivity index is 1.68. The van der Waals surface area contributed by atoms with Gasteiger partial charge in [0.2, 0.25) is 0 Å². The summed E-state index contributed by atoms with van der Waals surface area (Å²) >= 11 is 1.65. The predicted octanol–water partition coefficient (Wildman–Crippen LogP) is 3.26. The number of nitrogens with one attached hydrogen (secondary N) is 1. The third-order valence-corrected chi connectivity index (χ3v) is 5.12. The molecule has 7 heteroatoms. The van der Waals surface area contributed by atoms with Gasteiger partial charge in [0.05, 0.1) is 9.80 Å². The molecule has 1 heterocycles. The fourth-order valence-corrected chi connectivity index (χ4v) is 3.64. The number of carbonyl (C=O) groups is 1. The number of nitrogens with two attached hydrogens (primary N) is 1. The second-order valence-electron chi connectivity index (χ2n) is 6.20. The van der Waals surface area contributed by atoms with Gasteiger partial charge >= 0.3 is 0 Å². The first-order valence-corrected chi connectivity index (χ1v) is 9.38. The molecule has 3 rings (SSSR count). The van der Waals surface area contributed by atoms with Crippen molar-refractivity contribution in [3.8, 4) is 0 Å². The van der Waals surface area contributed by atoms with Crippen LogP contribution < -0.4 is 10.6 Å². The number of aryl methyl sites for hydroxylation is 1. The lowest BCUT2D eigenvalue weighted by Crippen LogP contribution is -2.87. The number of amides is 1. The van der Waals surface area contributed by atoms with Crippen LogP contribution >= 0.6 is 11.3 Å². The van der Waals surface area contributed by atoms with E-state index in [2.05, 4.69) is 35.6 Å². The second kappa shape index (κ2) is 8.57. The highest BCUT2D eigenvalue weighted by Crippen LogP contribution is 2.23. The molecule has 2 aromatic carbocycles. The Bertz CT molecular complexity index is 924. The maximum atomic E-state index is 12.3. The average Bonchev–Trinajstić information content (AvgIpc) is 3.18. The van der Waals surface area contributed by atoms with Gasteiger partial charge in [-0.25, -0.2) is 0 Å². The van der Waals surface area contributed by atoms with E-state index >= 15 is 0 Å². The minimum absolute atomic E-state index is 0.0291. The van der Waals surface area contributed by atoms with Crippen LogP contribution in [0, 0.1) is 17.0 Å². The number of benzene rings is 2. The molecule has 0 spiro atoms. The number of quaternary nitrogens is 1. The Morgan fingerprint density at radius 3 is 2.63 bits per heavy atom. The van der Waals surface area contributed by atoms with E-state index in [-0.39, 0.29) is 24.2 Å². The smallest absolute Gasteiger partial charge is 0.279 e. The number of rotatable bonds is 7. The van der Waals surface area contributed by atoms with Crippen LogP contribution in [-0.4, -0.2) is 17.4 Å². The van der Waals surface area contributed by atoms with E-state index in [1.54, 1.807) is 23.5 Å². The minimum atomic E-state index is -0.480. The Morgan fingerprint density at radius 1 is 1.19 bits per heavy atom. The molecule has 0 fully saturated rings. The molecule has 0 aliphatic heterocycles. The summed E-state index contributed by atoms with van der Waals surface area (Å²) < 4.78 is 0. The highest BCUT2D eigenvalue weighted by Gasteiger charge is 2.20. The van der Waals surface area contributed by atoms with Crippen molar-refractivity contribution in [1.82, 2.24) is 0 Å². The summed E-state index contributed by atoms with van der Waals surface area (Å²) in [4.78, 5) is 23.9. The summed E-state index contributed by atoms with van der Waals surface area (Å²) in [6, 6.07) is 18.3. The van der Waals surface area contributed by atoms with Crippen molar-refractivity contribution in [2.24, 2.45) is 0 Å². The zero-order valence-electron chi connectivity index (χ0n) is 14.8. The third-order valence-electron chi connectivity index (χ3n) is 4.17. The van der Waals surface area contributed by atoms with E-state index in [9.17, 15) is 14.9 Å². The Morgan fingerprint density at radius 2 is 1.96 bits per heavy atom. The molecule has 0 saturated heterocycles. The fourth-order valence-electron chi connectivity index (χ4n) is 2.79. The molecule has 6 nitrogen and oxygen atoms in total. The number of thiophene rings is 1. The third kappa shape index (κ3) is 4.99. The van der Waals surface area contributed by atoms with E-state index in [0.29, 0.717) is 5.69 Å². The van der Waals surface area contributed by atoms with Crippen molar-refractivity contribution in [3.05, 3.63) is 92.2 Å². The molecule has 27 heavy (non-hydrogen) atoms. The second-order valence-corrected chi connectivity index (χ2v) is 7.18. The van der Waals surface area contributed by atoms with Crippen LogP contribution in [0.25, 0.3) is 0 Å². The van der Waals surface area contributed by atoms with Gasteiger partial charge in [-0.1, -0.05) is 42.0 Å². The van der Waals surface area contributed by atoms with Crippen LogP contribution in [0.4, 0.5) is 11.4 Å². The maximum Gasteiger partial charge on any atom is 0.279 e. The van der Waals surface area contributed by atoms with Gasteiger partial charge in [-0.2, -0.15) is 0 Å². The number of nitrogens with zero attached hydrogens (tertiary/aromatic N) is 1. The van der Waals surface area contributed by atoms with E-state index in [1.807, 2.05) is 23.7 Å². The van der Waals surface area contributed by atoms with Gasteiger partial charge in [-0.15, -0.1) is 11.3 Å². The van der Waals surface area contributed by atoms with Crippen LogP contribution in [-0.2, 0) is 4.79 Å². The largest absolute Gasteiger partial charge is 0.328 e. The van der Waals surface area contributed by atoms with Gasteiger partial charge in [-0.05, 0) is 24.4 Å². The molecule has 0 bridgehead atoms. The summed E-state index contributed by atoms with van der Waals surface area (Å²) in [5.74, 6) is -0.204. The molecule has 3 aromatic rings. The molecule has 0 aliphatic rings. The molecule has 0 unspecified atom stereocenters. The van der Waals surface area contributed by atoms with Crippen molar-refractivity contribution in [3.63, 3.8) is 0 Å². The molecule has 3 N–H and O–H groups in total. The van der Waals surface area contributed by atoms with Crippen molar-refractivity contribution >= 4 is 28.6 Å². The van der Waals surface area contributed by atoms with E-state index in [1.165, 1.54) is 22.6 Å². The number of carbonyl (C=O) groups excluding carboxylic acids is 1. The van der Waals surface area contributed by atoms with E-state index in [4.69, 9.17) is 0 Å². The first kappa shape index (κ1) is 18.8. The molecule has 1 amide bonds. The minimum Gasteiger partial charge on any atom is -0.328 e. The van der Waals surface area contributed by atoms with Crippen LogP contribution in [0.5, 0.6) is 0 Å².